The zero-order valence-electron chi connectivity index (χ0n) is 11.6. The first-order chi connectivity index (χ1) is 8.46. The van der Waals surface area contributed by atoms with E-state index in [1.807, 2.05) is 0 Å². The van der Waals surface area contributed by atoms with Gasteiger partial charge in [0, 0.05) is 12.1 Å². The summed E-state index contributed by atoms with van der Waals surface area (Å²) in [5.74, 6) is 0.624. The number of hydrogen-bond donors (Lipinski definition) is 1. The number of ether oxygens (including phenoxy) is 1. The summed E-state index contributed by atoms with van der Waals surface area (Å²) in [6.45, 7) is 11.2. The standard InChI is InChI=1S/C12H22N4O2/c1-9-8-17-6-5-16(9)11-15-14-10(18-11)7-13-12(2,3)4/h9,13H,5-8H2,1-4H3. The zero-order chi connectivity index (χ0) is 13.2. The maximum absolute atomic E-state index is 5.67. The van der Waals surface area contributed by atoms with Crippen LogP contribution in [0, 0.1) is 0 Å². The molecule has 102 valence electrons. The molecule has 0 amide bonds. The fourth-order valence-electron chi connectivity index (χ4n) is 1.78. The van der Waals surface area contributed by atoms with Gasteiger partial charge in [-0.1, -0.05) is 5.10 Å². The van der Waals surface area contributed by atoms with Crippen LogP contribution in [-0.2, 0) is 11.3 Å². The van der Waals surface area contributed by atoms with E-state index in [1.165, 1.54) is 0 Å². The zero-order valence-corrected chi connectivity index (χ0v) is 11.6. The SMILES string of the molecule is CC1COCCN1c1nnc(CNC(C)(C)C)o1. The third-order valence-electron chi connectivity index (χ3n) is 2.84. The van der Waals surface area contributed by atoms with Crippen LogP contribution >= 0.6 is 0 Å². The Bertz CT molecular complexity index is 386. The van der Waals surface area contributed by atoms with E-state index in [0.29, 0.717) is 31.7 Å². The average molecular weight is 254 g/mol. The normalized spacial score (nSPS) is 21.3. The molecule has 2 rings (SSSR count). The molecule has 1 atom stereocenters. The highest BCUT2D eigenvalue weighted by atomic mass is 16.5. The Morgan fingerprint density at radius 1 is 1.39 bits per heavy atom. The van der Waals surface area contributed by atoms with Gasteiger partial charge in [-0.25, -0.2) is 0 Å². The molecule has 0 aliphatic carbocycles. The second kappa shape index (κ2) is 5.24. The fraction of sp³-hybridized carbons (Fsp3) is 0.833. The monoisotopic (exact) mass is 254 g/mol. The maximum atomic E-state index is 5.67. The Hall–Kier alpha value is -1.14. The summed E-state index contributed by atoms with van der Waals surface area (Å²) in [6, 6.07) is 0.874. The highest BCUT2D eigenvalue weighted by Gasteiger charge is 2.24. The molecule has 0 aromatic carbocycles. The van der Waals surface area contributed by atoms with Crippen LogP contribution in [0.4, 0.5) is 6.01 Å². The first kappa shape index (κ1) is 13.3. The van der Waals surface area contributed by atoms with Crippen molar-refractivity contribution in [3.8, 4) is 0 Å². The molecule has 1 N–H and O–H groups in total. The summed E-state index contributed by atoms with van der Waals surface area (Å²) in [6.07, 6.45) is 0. The topological polar surface area (TPSA) is 63.4 Å². The van der Waals surface area contributed by atoms with E-state index in [4.69, 9.17) is 9.15 Å². The fourth-order valence-corrected chi connectivity index (χ4v) is 1.78. The van der Waals surface area contributed by atoms with Crippen LogP contribution in [0.5, 0.6) is 0 Å². The molecular formula is C12H22N4O2. The lowest BCUT2D eigenvalue weighted by Gasteiger charge is -2.31. The molecule has 1 saturated heterocycles. The lowest BCUT2D eigenvalue weighted by atomic mass is 10.1. The summed E-state index contributed by atoms with van der Waals surface area (Å²) in [4.78, 5) is 2.09. The number of hydrogen-bond acceptors (Lipinski definition) is 6. The van der Waals surface area contributed by atoms with Gasteiger partial charge >= 0.3 is 6.01 Å². The molecule has 0 saturated carbocycles. The molecule has 0 radical (unpaired) electrons. The minimum atomic E-state index is 0.0425. The molecule has 1 aliphatic rings. The maximum Gasteiger partial charge on any atom is 0.318 e. The quantitative estimate of drug-likeness (QED) is 0.874. The van der Waals surface area contributed by atoms with Crippen molar-refractivity contribution in [2.75, 3.05) is 24.7 Å². The lowest BCUT2D eigenvalue weighted by Crippen LogP contribution is -2.43. The van der Waals surface area contributed by atoms with E-state index in [9.17, 15) is 0 Å². The Morgan fingerprint density at radius 2 is 2.17 bits per heavy atom. The van der Waals surface area contributed by atoms with Crippen LogP contribution in [-0.4, -0.2) is 41.5 Å². The molecule has 1 unspecified atom stereocenters. The van der Waals surface area contributed by atoms with Gasteiger partial charge in [-0.05, 0) is 27.7 Å². The predicted molar refractivity (Wildman–Crippen MR) is 68.5 cm³/mol. The Kier molecular flexibility index (Phi) is 3.87. The molecule has 1 aromatic rings. The Labute approximate surface area is 108 Å². The van der Waals surface area contributed by atoms with Crippen molar-refractivity contribution in [1.29, 1.82) is 0 Å². The average Bonchev–Trinajstić information content (AvgIpc) is 2.75. The largest absolute Gasteiger partial charge is 0.407 e. The smallest absolute Gasteiger partial charge is 0.318 e. The highest BCUT2D eigenvalue weighted by molar-refractivity contribution is 5.26. The van der Waals surface area contributed by atoms with Gasteiger partial charge < -0.3 is 19.4 Å². The number of morpholine rings is 1. The summed E-state index contributed by atoms with van der Waals surface area (Å²) in [5.41, 5.74) is 0.0425. The third kappa shape index (κ3) is 3.43. The van der Waals surface area contributed by atoms with Crippen molar-refractivity contribution in [3.63, 3.8) is 0 Å². The number of nitrogens with zero attached hydrogens (tertiary/aromatic N) is 3. The van der Waals surface area contributed by atoms with Crippen LogP contribution in [0.15, 0.2) is 4.42 Å². The summed E-state index contributed by atoms with van der Waals surface area (Å²) in [5, 5.41) is 11.5. The predicted octanol–water partition coefficient (Wildman–Crippen LogP) is 1.18. The van der Waals surface area contributed by atoms with Crippen molar-refractivity contribution in [2.45, 2.75) is 45.8 Å². The molecular weight excluding hydrogens is 232 g/mol. The second-order valence-electron chi connectivity index (χ2n) is 5.70. The van der Waals surface area contributed by atoms with Gasteiger partial charge in [0.1, 0.15) is 0 Å². The van der Waals surface area contributed by atoms with Crippen LogP contribution in [0.2, 0.25) is 0 Å². The van der Waals surface area contributed by atoms with Crippen molar-refractivity contribution in [2.24, 2.45) is 0 Å². The number of aromatic nitrogens is 2. The Balaban J connectivity index is 1.97. The molecule has 6 heteroatoms. The summed E-state index contributed by atoms with van der Waals surface area (Å²) in [7, 11) is 0. The molecule has 0 spiro atoms. The van der Waals surface area contributed by atoms with E-state index in [0.717, 1.165) is 6.54 Å². The summed E-state index contributed by atoms with van der Waals surface area (Å²) < 4.78 is 11.1. The van der Waals surface area contributed by atoms with Gasteiger partial charge in [-0.2, -0.15) is 0 Å². The highest BCUT2D eigenvalue weighted by Crippen LogP contribution is 2.18. The molecule has 6 nitrogen and oxygen atoms in total. The van der Waals surface area contributed by atoms with E-state index in [2.05, 4.69) is 48.1 Å². The molecule has 18 heavy (non-hydrogen) atoms. The van der Waals surface area contributed by atoms with Gasteiger partial charge in [0.05, 0.1) is 25.8 Å². The van der Waals surface area contributed by atoms with E-state index in [1.54, 1.807) is 0 Å². The van der Waals surface area contributed by atoms with Gasteiger partial charge in [0.15, 0.2) is 0 Å². The lowest BCUT2D eigenvalue weighted by molar-refractivity contribution is 0.0959. The second-order valence-corrected chi connectivity index (χ2v) is 5.70. The molecule has 1 fully saturated rings. The third-order valence-corrected chi connectivity index (χ3v) is 2.84. The van der Waals surface area contributed by atoms with Crippen LogP contribution in [0.1, 0.15) is 33.6 Å². The molecule has 1 aromatic heterocycles. The van der Waals surface area contributed by atoms with Crippen LogP contribution in [0.3, 0.4) is 0 Å². The molecule has 1 aliphatic heterocycles. The van der Waals surface area contributed by atoms with Gasteiger partial charge in [0.2, 0.25) is 5.89 Å². The van der Waals surface area contributed by atoms with Crippen molar-refractivity contribution >= 4 is 6.01 Å². The van der Waals surface area contributed by atoms with Crippen LogP contribution < -0.4 is 10.2 Å². The molecule has 2 heterocycles. The van der Waals surface area contributed by atoms with Crippen molar-refractivity contribution in [3.05, 3.63) is 5.89 Å². The Morgan fingerprint density at radius 3 is 2.83 bits per heavy atom. The van der Waals surface area contributed by atoms with Gasteiger partial charge in [-0.15, -0.1) is 5.10 Å². The number of nitrogens with one attached hydrogen (secondary N) is 1. The van der Waals surface area contributed by atoms with Gasteiger partial charge in [0.25, 0.3) is 0 Å². The van der Waals surface area contributed by atoms with Gasteiger partial charge in [-0.3, -0.25) is 0 Å². The minimum Gasteiger partial charge on any atom is -0.407 e. The van der Waals surface area contributed by atoms with Crippen LogP contribution in [0.25, 0.3) is 0 Å². The first-order valence-corrected chi connectivity index (χ1v) is 6.37. The van der Waals surface area contributed by atoms with E-state index in [-0.39, 0.29) is 11.6 Å². The van der Waals surface area contributed by atoms with E-state index >= 15 is 0 Å². The van der Waals surface area contributed by atoms with E-state index < -0.39 is 0 Å². The molecule has 0 bridgehead atoms. The van der Waals surface area contributed by atoms with Crippen molar-refractivity contribution < 1.29 is 9.15 Å². The number of rotatable bonds is 3. The number of anilines is 1. The minimum absolute atomic E-state index is 0.0425. The van der Waals surface area contributed by atoms with Crippen molar-refractivity contribution in [1.82, 2.24) is 15.5 Å². The summed E-state index contributed by atoms with van der Waals surface area (Å²) >= 11 is 0. The first-order valence-electron chi connectivity index (χ1n) is 6.37.